The second-order valence-electron chi connectivity index (χ2n) is 6.77. The van der Waals surface area contributed by atoms with Gasteiger partial charge in [0.1, 0.15) is 5.82 Å². The van der Waals surface area contributed by atoms with Crippen LogP contribution in [0.15, 0.2) is 24.3 Å². The number of rotatable bonds is 4. The maximum Gasteiger partial charge on any atom is 0.123 e. The third kappa shape index (κ3) is 2.27. The number of benzene rings is 1. The first kappa shape index (κ1) is 14.0. The van der Waals surface area contributed by atoms with E-state index < -0.39 is 0 Å². The van der Waals surface area contributed by atoms with Crippen molar-refractivity contribution >= 4 is 0 Å². The van der Waals surface area contributed by atoms with E-state index >= 15 is 0 Å². The van der Waals surface area contributed by atoms with Crippen LogP contribution >= 0.6 is 0 Å². The van der Waals surface area contributed by atoms with Gasteiger partial charge in [0.05, 0.1) is 23.9 Å². The minimum atomic E-state index is -0.208. The largest absolute Gasteiger partial charge is 0.370 e. The third-order valence-electron chi connectivity index (χ3n) is 5.09. The fourth-order valence-corrected chi connectivity index (χ4v) is 3.63. The Hall–Kier alpha value is -0.930. The summed E-state index contributed by atoms with van der Waals surface area (Å²) in [6.45, 7) is 7.05. The molecule has 2 heterocycles. The molecule has 2 aliphatic heterocycles. The van der Waals surface area contributed by atoms with Crippen LogP contribution in [0.1, 0.15) is 45.6 Å². The van der Waals surface area contributed by atoms with Gasteiger partial charge in [0, 0.05) is 6.42 Å². The Morgan fingerprint density at radius 2 is 2.20 bits per heavy atom. The second kappa shape index (κ2) is 4.81. The molecule has 3 rings (SSSR count). The SMILES string of the molecule is CC(C)C12CCC(C)(O1)C(OCc1cccc(F)c1)C2. The minimum absolute atomic E-state index is 0.0125. The van der Waals surface area contributed by atoms with Gasteiger partial charge in [-0.2, -0.15) is 0 Å². The lowest BCUT2D eigenvalue weighted by Gasteiger charge is -2.31. The van der Waals surface area contributed by atoms with Crippen LogP contribution in [0.2, 0.25) is 0 Å². The molecule has 0 aliphatic carbocycles. The molecule has 2 saturated heterocycles. The van der Waals surface area contributed by atoms with E-state index in [-0.39, 0.29) is 23.1 Å². The standard InChI is InChI=1S/C17H23FO2/c1-12(2)17-8-7-16(3,20-17)15(10-17)19-11-13-5-4-6-14(18)9-13/h4-6,9,12,15H,7-8,10-11H2,1-3H3. The van der Waals surface area contributed by atoms with Crippen molar-refractivity contribution < 1.29 is 13.9 Å². The van der Waals surface area contributed by atoms with Crippen molar-refractivity contribution in [3.05, 3.63) is 35.6 Å². The normalized spacial score (nSPS) is 36.0. The molecule has 1 aromatic rings. The van der Waals surface area contributed by atoms with Crippen LogP contribution in [0.4, 0.5) is 4.39 Å². The van der Waals surface area contributed by atoms with Gasteiger partial charge >= 0.3 is 0 Å². The topological polar surface area (TPSA) is 18.5 Å². The van der Waals surface area contributed by atoms with E-state index in [1.807, 2.05) is 6.07 Å². The summed E-state index contributed by atoms with van der Waals surface area (Å²) in [5.41, 5.74) is 0.703. The van der Waals surface area contributed by atoms with Crippen molar-refractivity contribution in [2.24, 2.45) is 5.92 Å². The lowest BCUT2D eigenvalue weighted by atomic mass is 9.75. The second-order valence-corrected chi connectivity index (χ2v) is 6.77. The van der Waals surface area contributed by atoms with Gasteiger partial charge in [-0.3, -0.25) is 0 Å². The highest BCUT2D eigenvalue weighted by molar-refractivity contribution is 5.16. The highest BCUT2D eigenvalue weighted by Gasteiger charge is 2.60. The minimum Gasteiger partial charge on any atom is -0.370 e. The summed E-state index contributed by atoms with van der Waals surface area (Å²) in [6, 6.07) is 6.62. The van der Waals surface area contributed by atoms with Crippen LogP contribution in [0.25, 0.3) is 0 Å². The number of fused-ring (bicyclic) bond motifs is 2. The molecule has 0 amide bonds. The zero-order valence-electron chi connectivity index (χ0n) is 12.5. The summed E-state index contributed by atoms with van der Waals surface area (Å²) in [6.07, 6.45) is 3.25. The monoisotopic (exact) mass is 278 g/mol. The van der Waals surface area contributed by atoms with E-state index in [1.54, 1.807) is 6.07 Å². The van der Waals surface area contributed by atoms with Crippen molar-refractivity contribution in [1.82, 2.24) is 0 Å². The maximum atomic E-state index is 13.2. The molecule has 2 nitrogen and oxygen atoms in total. The van der Waals surface area contributed by atoms with Crippen LogP contribution in [0.5, 0.6) is 0 Å². The van der Waals surface area contributed by atoms with Crippen molar-refractivity contribution in [1.29, 1.82) is 0 Å². The highest BCUT2D eigenvalue weighted by Crippen LogP contribution is 2.55. The molecule has 0 saturated carbocycles. The van der Waals surface area contributed by atoms with Crippen LogP contribution in [-0.4, -0.2) is 17.3 Å². The summed E-state index contributed by atoms with van der Waals surface area (Å²) in [5, 5.41) is 0. The van der Waals surface area contributed by atoms with Crippen molar-refractivity contribution in [2.75, 3.05) is 0 Å². The molecule has 0 aromatic heterocycles. The molecule has 0 radical (unpaired) electrons. The number of hydrogen-bond donors (Lipinski definition) is 0. The van der Waals surface area contributed by atoms with Gasteiger partial charge in [-0.25, -0.2) is 4.39 Å². The molecule has 110 valence electrons. The van der Waals surface area contributed by atoms with E-state index in [9.17, 15) is 4.39 Å². The van der Waals surface area contributed by atoms with Gasteiger partial charge in [-0.05, 0) is 43.4 Å². The first-order valence-corrected chi connectivity index (χ1v) is 7.50. The lowest BCUT2D eigenvalue weighted by Crippen LogP contribution is -2.38. The molecule has 1 aromatic carbocycles. The summed E-state index contributed by atoms with van der Waals surface area (Å²) in [5.74, 6) is 0.298. The van der Waals surface area contributed by atoms with Crippen molar-refractivity contribution in [3.63, 3.8) is 0 Å². The zero-order valence-corrected chi connectivity index (χ0v) is 12.5. The first-order chi connectivity index (χ1) is 9.43. The number of halogens is 1. The molecule has 2 fully saturated rings. The van der Waals surface area contributed by atoms with Gasteiger partial charge in [0.25, 0.3) is 0 Å². The smallest absolute Gasteiger partial charge is 0.123 e. The molecule has 0 N–H and O–H groups in total. The summed E-state index contributed by atoms with van der Waals surface area (Å²) in [4.78, 5) is 0. The fraction of sp³-hybridized carbons (Fsp3) is 0.647. The van der Waals surface area contributed by atoms with Gasteiger partial charge in [-0.1, -0.05) is 26.0 Å². The van der Waals surface area contributed by atoms with Gasteiger partial charge in [0.2, 0.25) is 0 Å². The quantitative estimate of drug-likeness (QED) is 0.826. The molecule has 20 heavy (non-hydrogen) atoms. The van der Waals surface area contributed by atoms with Gasteiger partial charge in [-0.15, -0.1) is 0 Å². The summed E-state index contributed by atoms with van der Waals surface area (Å²) in [7, 11) is 0. The number of hydrogen-bond acceptors (Lipinski definition) is 2. The van der Waals surface area contributed by atoms with E-state index in [4.69, 9.17) is 9.47 Å². The van der Waals surface area contributed by atoms with E-state index in [0.29, 0.717) is 12.5 Å². The summed E-state index contributed by atoms with van der Waals surface area (Å²) >= 11 is 0. The van der Waals surface area contributed by atoms with E-state index in [0.717, 1.165) is 24.8 Å². The predicted molar refractivity (Wildman–Crippen MR) is 75.9 cm³/mol. The van der Waals surface area contributed by atoms with Crippen LogP contribution < -0.4 is 0 Å². The Kier molecular flexibility index (Phi) is 3.38. The Balaban J connectivity index is 1.67. The number of ether oxygens (including phenoxy) is 2. The Labute approximate surface area is 120 Å². The van der Waals surface area contributed by atoms with Crippen molar-refractivity contribution in [3.8, 4) is 0 Å². The van der Waals surface area contributed by atoms with Gasteiger partial charge < -0.3 is 9.47 Å². The molecule has 3 atom stereocenters. The Morgan fingerprint density at radius 3 is 2.85 bits per heavy atom. The van der Waals surface area contributed by atoms with Crippen LogP contribution in [-0.2, 0) is 16.1 Å². The predicted octanol–water partition coefficient (Wildman–Crippen LogP) is 4.08. The van der Waals surface area contributed by atoms with E-state index in [2.05, 4.69) is 20.8 Å². The molecule has 3 heteroatoms. The molecule has 2 bridgehead atoms. The van der Waals surface area contributed by atoms with E-state index in [1.165, 1.54) is 12.1 Å². The zero-order chi connectivity index (χ0) is 14.4. The van der Waals surface area contributed by atoms with Gasteiger partial charge in [0.15, 0.2) is 0 Å². The Bertz CT molecular complexity index is 502. The molecule has 0 spiro atoms. The first-order valence-electron chi connectivity index (χ1n) is 7.50. The maximum absolute atomic E-state index is 13.2. The lowest BCUT2D eigenvalue weighted by molar-refractivity contribution is -0.0960. The van der Waals surface area contributed by atoms with Crippen LogP contribution in [0, 0.1) is 11.7 Å². The molecular formula is C17H23FO2. The van der Waals surface area contributed by atoms with Crippen LogP contribution in [0.3, 0.4) is 0 Å². The highest BCUT2D eigenvalue weighted by atomic mass is 19.1. The molecule has 3 unspecified atom stereocenters. The Morgan fingerprint density at radius 1 is 1.40 bits per heavy atom. The third-order valence-corrected chi connectivity index (χ3v) is 5.09. The average Bonchev–Trinajstić information content (AvgIpc) is 2.88. The van der Waals surface area contributed by atoms with Crippen molar-refractivity contribution in [2.45, 2.75) is 63.9 Å². The molecule has 2 aliphatic rings. The fourth-order valence-electron chi connectivity index (χ4n) is 3.63. The average molecular weight is 278 g/mol. The molecular weight excluding hydrogens is 255 g/mol. The summed E-state index contributed by atoms with van der Waals surface area (Å²) < 4.78 is 25.6.